The Morgan fingerprint density at radius 2 is 1.48 bits per heavy atom. The normalized spacial score (nSPS) is 11.9. The van der Waals surface area contributed by atoms with Crippen molar-refractivity contribution < 1.29 is 9.47 Å². The van der Waals surface area contributed by atoms with E-state index in [2.05, 4.69) is 44.3 Å². The van der Waals surface area contributed by atoms with Gasteiger partial charge in [0.25, 0.3) is 0 Å². The van der Waals surface area contributed by atoms with Crippen LogP contribution in [0.2, 0.25) is 0 Å². The van der Waals surface area contributed by atoms with Gasteiger partial charge >= 0.3 is 0 Å². The van der Waals surface area contributed by atoms with Crippen molar-refractivity contribution in [2.24, 2.45) is 0 Å². The lowest BCUT2D eigenvalue weighted by Crippen LogP contribution is -2.09. The van der Waals surface area contributed by atoms with Crippen LogP contribution in [0.3, 0.4) is 0 Å². The van der Waals surface area contributed by atoms with Crippen molar-refractivity contribution in [1.29, 1.82) is 0 Å². The third kappa shape index (κ3) is 3.48. The lowest BCUT2D eigenvalue weighted by atomic mass is 10.0. The number of benzene rings is 2. The summed E-state index contributed by atoms with van der Waals surface area (Å²) in [5, 5.41) is 3.50. The number of hydrogen-bond acceptors (Lipinski definition) is 3. The van der Waals surface area contributed by atoms with Gasteiger partial charge in [0.2, 0.25) is 0 Å². The number of rotatable bonds is 5. The summed E-state index contributed by atoms with van der Waals surface area (Å²) in [5.74, 6) is 1.75. The SMILES string of the molecule is COc1cc(C)ccc1NC(C)c1cc(C)ccc1OC. The Bertz CT molecular complexity index is 623. The molecule has 2 aromatic rings. The molecule has 0 bridgehead atoms. The third-order valence-corrected chi connectivity index (χ3v) is 3.58. The molecule has 0 spiro atoms. The highest BCUT2D eigenvalue weighted by Crippen LogP contribution is 2.32. The zero-order chi connectivity index (χ0) is 15.4. The van der Waals surface area contributed by atoms with Crippen LogP contribution in [0.4, 0.5) is 5.69 Å². The van der Waals surface area contributed by atoms with Crippen LogP contribution in [0.25, 0.3) is 0 Å². The molecule has 2 rings (SSSR count). The van der Waals surface area contributed by atoms with E-state index in [0.29, 0.717) is 0 Å². The second-order valence-electron chi connectivity index (χ2n) is 5.32. The summed E-state index contributed by atoms with van der Waals surface area (Å²) in [7, 11) is 3.39. The minimum Gasteiger partial charge on any atom is -0.496 e. The summed E-state index contributed by atoms with van der Waals surface area (Å²) in [6.45, 7) is 6.26. The van der Waals surface area contributed by atoms with E-state index in [1.54, 1.807) is 14.2 Å². The summed E-state index contributed by atoms with van der Waals surface area (Å²) in [6.07, 6.45) is 0. The van der Waals surface area contributed by atoms with Gasteiger partial charge in [-0.1, -0.05) is 23.8 Å². The maximum atomic E-state index is 5.46. The standard InChI is InChI=1S/C18H23NO2/c1-12-7-9-17(20-4)15(10-12)14(3)19-16-8-6-13(2)11-18(16)21-5/h6-11,14,19H,1-5H3. The highest BCUT2D eigenvalue weighted by atomic mass is 16.5. The van der Waals surface area contributed by atoms with E-state index in [4.69, 9.17) is 9.47 Å². The largest absolute Gasteiger partial charge is 0.496 e. The lowest BCUT2D eigenvalue weighted by Gasteiger charge is -2.20. The molecule has 0 amide bonds. The van der Waals surface area contributed by atoms with Crippen LogP contribution < -0.4 is 14.8 Å². The Labute approximate surface area is 126 Å². The van der Waals surface area contributed by atoms with Gasteiger partial charge in [-0.3, -0.25) is 0 Å². The van der Waals surface area contributed by atoms with E-state index in [9.17, 15) is 0 Å². The topological polar surface area (TPSA) is 30.5 Å². The van der Waals surface area contributed by atoms with Crippen molar-refractivity contribution in [3.8, 4) is 11.5 Å². The van der Waals surface area contributed by atoms with E-state index in [1.807, 2.05) is 18.2 Å². The Morgan fingerprint density at radius 1 is 0.857 bits per heavy atom. The van der Waals surface area contributed by atoms with Gasteiger partial charge in [-0.15, -0.1) is 0 Å². The molecule has 1 unspecified atom stereocenters. The highest BCUT2D eigenvalue weighted by Gasteiger charge is 2.13. The molecule has 0 fully saturated rings. The molecule has 0 aliphatic heterocycles. The van der Waals surface area contributed by atoms with Crippen LogP contribution in [-0.4, -0.2) is 14.2 Å². The van der Waals surface area contributed by atoms with E-state index < -0.39 is 0 Å². The van der Waals surface area contributed by atoms with Gasteiger partial charge in [-0.2, -0.15) is 0 Å². The second kappa shape index (κ2) is 6.53. The van der Waals surface area contributed by atoms with E-state index in [1.165, 1.54) is 11.1 Å². The Morgan fingerprint density at radius 3 is 2.14 bits per heavy atom. The second-order valence-corrected chi connectivity index (χ2v) is 5.32. The molecule has 2 aromatic carbocycles. The minimum atomic E-state index is 0.122. The van der Waals surface area contributed by atoms with Crippen LogP contribution in [0, 0.1) is 13.8 Å². The number of hydrogen-bond donors (Lipinski definition) is 1. The molecule has 21 heavy (non-hydrogen) atoms. The van der Waals surface area contributed by atoms with Crippen LogP contribution in [0.1, 0.15) is 29.7 Å². The maximum absolute atomic E-state index is 5.46. The molecule has 3 heteroatoms. The average Bonchev–Trinajstić information content (AvgIpc) is 2.48. The zero-order valence-electron chi connectivity index (χ0n) is 13.4. The van der Waals surface area contributed by atoms with Crippen molar-refractivity contribution in [2.75, 3.05) is 19.5 Å². The predicted molar refractivity (Wildman–Crippen MR) is 87.5 cm³/mol. The summed E-state index contributed by atoms with van der Waals surface area (Å²) in [5.41, 5.74) is 4.52. The fraction of sp³-hybridized carbons (Fsp3) is 0.333. The molecule has 1 N–H and O–H groups in total. The van der Waals surface area contributed by atoms with Gasteiger partial charge in [0.15, 0.2) is 0 Å². The van der Waals surface area contributed by atoms with Gasteiger partial charge in [-0.25, -0.2) is 0 Å². The minimum absolute atomic E-state index is 0.122. The van der Waals surface area contributed by atoms with Crippen LogP contribution >= 0.6 is 0 Å². The van der Waals surface area contributed by atoms with Gasteiger partial charge in [0.1, 0.15) is 11.5 Å². The third-order valence-electron chi connectivity index (χ3n) is 3.58. The van der Waals surface area contributed by atoms with Crippen LogP contribution in [0.5, 0.6) is 11.5 Å². The predicted octanol–water partition coefficient (Wildman–Crippen LogP) is 4.49. The summed E-state index contributed by atoms with van der Waals surface area (Å²) < 4.78 is 10.9. The van der Waals surface area contributed by atoms with Gasteiger partial charge < -0.3 is 14.8 Å². The maximum Gasteiger partial charge on any atom is 0.142 e. The molecular weight excluding hydrogens is 262 g/mol. The summed E-state index contributed by atoms with van der Waals surface area (Å²) in [6, 6.07) is 12.5. The Hall–Kier alpha value is -2.16. The van der Waals surface area contributed by atoms with Gasteiger partial charge in [0, 0.05) is 5.56 Å². The molecule has 0 aromatic heterocycles. The molecule has 0 aliphatic carbocycles. The van der Waals surface area contributed by atoms with Crippen molar-refractivity contribution in [1.82, 2.24) is 0 Å². The first kappa shape index (κ1) is 15.2. The molecule has 0 heterocycles. The first-order valence-electron chi connectivity index (χ1n) is 7.11. The molecule has 0 saturated carbocycles. The number of methoxy groups -OCH3 is 2. The van der Waals surface area contributed by atoms with E-state index in [0.717, 1.165) is 22.7 Å². The fourth-order valence-electron chi connectivity index (χ4n) is 2.42. The van der Waals surface area contributed by atoms with Crippen molar-refractivity contribution >= 4 is 5.69 Å². The van der Waals surface area contributed by atoms with Crippen molar-refractivity contribution in [2.45, 2.75) is 26.8 Å². The number of aryl methyl sites for hydroxylation is 2. The number of nitrogens with one attached hydrogen (secondary N) is 1. The summed E-state index contributed by atoms with van der Waals surface area (Å²) in [4.78, 5) is 0. The first-order chi connectivity index (χ1) is 10.0. The van der Waals surface area contributed by atoms with E-state index in [-0.39, 0.29) is 6.04 Å². The fourth-order valence-corrected chi connectivity index (χ4v) is 2.42. The molecule has 0 saturated heterocycles. The number of ether oxygens (including phenoxy) is 2. The number of anilines is 1. The first-order valence-corrected chi connectivity index (χ1v) is 7.11. The molecule has 0 aliphatic rings. The van der Waals surface area contributed by atoms with Crippen molar-refractivity contribution in [3.63, 3.8) is 0 Å². The molecule has 0 radical (unpaired) electrons. The Balaban J connectivity index is 2.29. The molecule has 1 atom stereocenters. The zero-order valence-corrected chi connectivity index (χ0v) is 13.4. The van der Waals surface area contributed by atoms with E-state index >= 15 is 0 Å². The molecular formula is C18H23NO2. The summed E-state index contributed by atoms with van der Waals surface area (Å²) >= 11 is 0. The smallest absolute Gasteiger partial charge is 0.142 e. The van der Waals surface area contributed by atoms with Crippen molar-refractivity contribution in [3.05, 3.63) is 53.1 Å². The molecule has 112 valence electrons. The lowest BCUT2D eigenvalue weighted by molar-refractivity contribution is 0.407. The highest BCUT2D eigenvalue weighted by molar-refractivity contribution is 5.59. The van der Waals surface area contributed by atoms with Crippen LogP contribution in [-0.2, 0) is 0 Å². The Kier molecular flexibility index (Phi) is 4.73. The monoisotopic (exact) mass is 285 g/mol. The average molecular weight is 285 g/mol. The van der Waals surface area contributed by atoms with Gasteiger partial charge in [0.05, 0.1) is 25.9 Å². The van der Waals surface area contributed by atoms with Crippen LogP contribution in [0.15, 0.2) is 36.4 Å². The van der Waals surface area contributed by atoms with Gasteiger partial charge in [-0.05, 0) is 44.5 Å². The quantitative estimate of drug-likeness (QED) is 0.877. The molecule has 3 nitrogen and oxygen atoms in total.